The molecule has 20 heavy (non-hydrogen) atoms. The summed E-state index contributed by atoms with van der Waals surface area (Å²) in [6, 6.07) is 7.65. The molecule has 1 aromatic carbocycles. The minimum Gasteiger partial charge on any atom is -0.367 e. The van der Waals surface area contributed by atoms with Gasteiger partial charge in [0.1, 0.15) is 5.82 Å². The third-order valence-corrected chi connectivity index (χ3v) is 4.76. The lowest BCUT2D eigenvalue weighted by atomic mass is 10.0. The zero-order valence-electron chi connectivity index (χ0n) is 12.4. The monoisotopic (exact) mass is 292 g/mol. The molecule has 0 saturated heterocycles. The van der Waals surface area contributed by atoms with Crippen molar-refractivity contribution in [2.75, 3.05) is 11.9 Å². The normalized spacial score (nSPS) is 14.1. The molecule has 2 atom stereocenters. The lowest BCUT2D eigenvalue weighted by Gasteiger charge is -2.30. The van der Waals surface area contributed by atoms with Gasteiger partial charge in [0.05, 0.1) is 6.04 Å². The second kappa shape index (κ2) is 5.94. The van der Waals surface area contributed by atoms with Crippen LogP contribution in [0, 0.1) is 12.7 Å². The molecule has 0 aliphatic heterocycles. The highest BCUT2D eigenvalue weighted by molar-refractivity contribution is 7.10. The van der Waals surface area contributed by atoms with E-state index in [-0.39, 0.29) is 17.9 Å². The van der Waals surface area contributed by atoms with Gasteiger partial charge in [-0.2, -0.15) is 0 Å². The van der Waals surface area contributed by atoms with Gasteiger partial charge in [-0.15, -0.1) is 11.3 Å². The Morgan fingerprint density at radius 3 is 2.55 bits per heavy atom. The van der Waals surface area contributed by atoms with Crippen LogP contribution < -0.4 is 10.6 Å². The van der Waals surface area contributed by atoms with Crippen molar-refractivity contribution in [3.63, 3.8) is 0 Å². The Morgan fingerprint density at radius 1 is 1.30 bits per heavy atom. The van der Waals surface area contributed by atoms with Crippen LogP contribution in [0.25, 0.3) is 0 Å². The zero-order valence-corrected chi connectivity index (χ0v) is 13.2. The minimum atomic E-state index is -0.196. The molecule has 2 nitrogen and oxygen atoms in total. The Kier molecular flexibility index (Phi) is 4.45. The first-order chi connectivity index (χ1) is 9.41. The van der Waals surface area contributed by atoms with E-state index >= 15 is 0 Å². The van der Waals surface area contributed by atoms with Crippen molar-refractivity contribution in [1.82, 2.24) is 0 Å². The van der Waals surface area contributed by atoms with E-state index in [1.54, 1.807) is 24.3 Å². The smallest absolute Gasteiger partial charge is 0.126 e. The summed E-state index contributed by atoms with van der Waals surface area (Å²) >= 11 is 1.73. The lowest BCUT2D eigenvalue weighted by Crippen LogP contribution is -2.24. The van der Waals surface area contributed by atoms with Crippen LogP contribution in [-0.2, 0) is 0 Å². The van der Waals surface area contributed by atoms with Crippen LogP contribution in [0.5, 0.6) is 0 Å². The van der Waals surface area contributed by atoms with E-state index in [2.05, 4.69) is 23.3 Å². The molecule has 108 valence electrons. The molecule has 0 aliphatic rings. The molecule has 2 N–H and O–H groups in total. The molecule has 0 bridgehead atoms. The number of nitrogens with two attached hydrogens (primary N) is 1. The van der Waals surface area contributed by atoms with Gasteiger partial charge in [-0.1, -0.05) is 6.07 Å². The van der Waals surface area contributed by atoms with Crippen molar-refractivity contribution in [2.45, 2.75) is 32.9 Å². The maximum atomic E-state index is 13.8. The Labute approximate surface area is 124 Å². The second-order valence-corrected chi connectivity index (χ2v) is 6.23. The fraction of sp³-hybridized carbons (Fsp3) is 0.375. The molecule has 2 rings (SSSR count). The summed E-state index contributed by atoms with van der Waals surface area (Å²) in [4.78, 5) is 3.45. The Morgan fingerprint density at radius 2 is 2.00 bits per heavy atom. The maximum Gasteiger partial charge on any atom is 0.126 e. The largest absolute Gasteiger partial charge is 0.367 e. The lowest BCUT2D eigenvalue weighted by molar-refractivity contribution is 0.611. The van der Waals surface area contributed by atoms with Crippen LogP contribution in [0.3, 0.4) is 0 Å². The van der Waals surface area contributed by atoms with Crippen molar-refractivity contribution in [1.29, 1.82) is 0 Å². The van der Waals surface area contributed by atoms with E-state index < -0.39 is 0 Å². The fourth-order valence-electron chi connectivity index (χ4n) is 2.28. The van der Waals surface area contributed by atoms with E-state index in [9.17, 15) is 4.39 Å². The third kappa shape index (κ3) is 2.86. The number of aryl methyl sites for hydroxylation is 1. The highest BCUT2D eigenvalue weighted by Gasteiger charge is 2.19. The number of halogens is 1. The molecule has 4 heteroatoms. The molecular weight excluding hydrogens is 271 g/mol. The van der Waals surface area contributed by atoms with Gasteiger partial charge in [0, 0.05) is 23.7 Å². The summed E-state index contributed by atoms with van der Waals surface area (Å²) in [6.07, 6.45) is 0. The van der Waals surface area contributed by atoms with Crippen molar-refractivity contribution in [3.05, 3.63) is 51.5 Å². The summed E-state index contributed by atoms with van der Waals surface area (Å²) in [5.41, 5.74) is 8.49. The average molecular weight is 292 g/mol. The quantitative estimate of drug-likeness (QED) is 0.904. The van der Waals surface area contributed by atoms with E-state index in [4.69, 9.17) is 5.73 Å². The minimum absolute atomic E-state index is 0.196. The zero-order chi connectivity index (χ0) is 14.9. The van der Waals surface area contributed by atoms with Gasteiger partial charge in [-0.3, -0.25) is 0 Å². The Balaban J connectivity index is 2.43. The molecule has 0 saturated carbocycles. The molecule has 1 heterocycles. The van der Waals surface area contributed by atoms with Crippen LogP contribution in [0.2, 0.25) is 0 Å². The van der Waals surface area contributed by atoms with Crippen LogP contribution in [0.1, 0.15) is 41.9 Å². The van der Waals surface area contributed by atoms with Crippen LogP contribution in [0.4, 0.5) is 10.1 Å². The van der Waals surface area contributed by atoms with E-state index in [1.165, 1.54) is 4.88 Å². The van der Waals surface area contributed by atoms with Gasteiger partial charge >= 0.3 is 0 Å². The molecule has 0 fully saturated rings. The first-order valence-corrected chi connectivity index (χ1v) is 7.61. The second-order valence-electron chi connectivity index (χ2n) is 5.25. The first-order valence-electron chi connectivity index (χ1n) is 6.73. The molecule has 0 spiro atoms. The van der Waals surface area contributed by atoms with Gasteiger partial charge in [0.25, 0.3) is 0 Å². The van der Waals surface area contributed by atoms with Gasteiger partial charge in [-0.05, 0) is 55.5 Å². The predicted molar refractivity (Wildman–Crippen MR) is 84.9 cm³/mol. The van der Waals surface area contributed by atoms with Gasteiger partial charge in [-0.25, -0.2) is 4.39 Å². The highest BCUT2D eigenvalue weighted by atomic mass is 32.1. The molecule has 1 unspecified atom stereocenters. The molecule has 0 aliphatic carbocycles. The van der Waals surface area contributed by atoms with Crippen LogP contribution in [-0.4, -0.2) is 7.05 Å². The molecule has 1 aromatic heterocycles. The van der Waals surface area contributed by atoms with Gasteiger partial charge in [0.2, 0.25) is 0 Å². The Bertz CT molecular complexity index is 578. The third-order valence-electron chi connectivity index (χ3n) is 3.71. The van der Waals surface area contributed by atoms with E-state index in [1.807, 2.05) is 26.1 Å². The molecule has 0 amide bonds. The van der Waals surface area contributed by atoms with Gasteiger partial charge in [0.15, 0.2) is 0 Å². The summed E-state index contributed by atoms with van der Waals surface area (Å²) < 4.78 is 13.8. The molecular formula is C16H21FN2S. The summed E-state index contributed by atoms with van der Waals surface area (Å²) in [7, 11) is 2.03. The van der Waals surface area contributed by atoms with Crippen molar-refractivity contribution in [3.8, 4) is 0 Å². The number of benzene rings is 1. The number of hydrogen-bond donors (Lipinski definition) is 1. The van der Waals surface area contributed by atoms with E-state index in [0.29, 0.717) is 5.56 Å². The van der Waals surface area contributed by atoms with E-state index in [0.717, 1.165) is 11.3 Å². The van der Waals surface area contributed by atoms with Crippen LogP contribution >= 0.6 is 11.3 Å². The number of nitrogens with zero attached hydrogens (tertiary/aromatic N) is 1. The number of rotatable bonds is 4. The SMILES string of the molecule is Cc1cc(N(C)C(C)c2cccs2)c([C@@H](C)N)cc1F. The average Bonchev–Trinajstić information content (AvgIpc) is 2.93. The fourth-order valence-corrected chi connectivity index (χ4v) is 3.11. The Hall–Kier alpha value is -1.39. The topological polar surface area (TPSA) is 29.3 Å². The van der Waals surface area contributed by atoms with Crippen molar-refractivity contribution in [2.24, 2.45) is 5.73 Å². The highest BCUT2D eigenvalue weighted by Crippen LogP contribution is 2.34. The number of hydrogen-bond acceptors (Lipinski definition) is 3. The number of thiophene rings is 1. The first kappa shape index (κ1) is 15.0. The molecule has 2 aromatic rings. The van der Waals surface area contributed by atoms with Gasteiger partial charge < -0.3 is 10.6 Å². The van der Waals surface area contributed by atoms with Crippen LogP contribution in [0.15, 0.2) is 29.6 Å². The standard InChI is InChI=1S/C16H21FN2S/c1-10-8-15(13(11(2)18)9-14(10)17)19(4)12(3)16-6-5-7-20-16/h5-9,11-12H,18H2,1-4H3/t11-,12?/m1/s1. The van der Waals surface area contributed by atoms with Crippen molar-refractivity contribution >= 4 is 17.0 Å². The van der Waals surface area contributed by atoms with Crippen molar-refractivity contribution < 1.29 is 4.39 Å². The summed E-state index contributed by atoms with van der Waals surface area (Å²) in [5.74, 6) is -0.196. The number of anilines is 1. The maximum absolute atomic E-state index is 13.8. The predicted octanol–water partition coefficient (Wildman–Crippen LogP) is 4.41. The summed E-state index contributed by atoms with van der Waals surface area (Å²) in [5, 5.41) is 2.07. The molecule has 0 radical (unpaired) electrons. The summed E-state index contributed by atoms with van der Waals surface area (Å²) in [6.45, 7) is 5.82.